The largest absolute Gasteiger partial charge is 0.346 e. The summed E-state index contributed by atoms with van der Waals surface area (Å²) in [6.07, 6.45) is 0. The van der Waals surface area contributed by atoms with Gasteiger partial charge in [0.2, 0.25) is 0 Å². The molecule has 2 aromatic rings. The van der Waals surface area contributed by atoms with Crippen LogP contribution in [0.3, 0.4) is 0 Å². The van der Waals surface area contributed by atoms with E-state index in [1.807, 2.05) is 5.38 Å². The summed E-state index contributed by atoms with van der Waals surface area (Å²) in [5.74, 6) is -0.198. The highest BCUT2D eigenvalue weighted by Gasteiger charge is 2.08. The third-order valence-electron chi connectivity index (χ3n) is 2.10. The van der Waals surface area contributed by atoms with Gasteiger partial charge < -0.3 is 5.32 Å². The average molecular weight is 287 g/mol. The van der Waals surface area contributed by atoms with Crippen LogP contribution in [0.5, 0.6) is 0 Å². The number of hydrogen-bond donors (Lipinski definition) is 1. The van der Waals surface area contributed by atoms with Crippen molar-refractivity contribution in [3.05, 3.63) is 50.4 Å². The van der Waals surface area contributed by atoms with Crippen molar-refractivity contribution in [3.8, 4) is 0 Å². The molecule has 3 nitrogen and oxygen atoms in total. The maximum absolute atomic E-state index is 11.8. The first-order valence-corrected chi connectivity index (χ1v) is 6.47. The number of nitrogens with zero attached hydrogens (tertiary/aromatic N) is 1. The van der Waals surface area contributed by atoms with Crippen molar-refractivity contribution in [2.24, 2.45) is 0 Å². The molecule has 88 valence electrons. The Balaban J connectivity index is 2.02. The van der Waals surface area contributed by atoms with E-state index in [1.165, 1.54) is 11.3 Å². The number of thiazole rings is 1. The van der Waals surface area contributed by atoms with E-state index in [0.717, 1.165) is 5.69 Å². The van der Waals surface area contributed by atoms with E-state index in [4.69, 9.17) is 23.2 Å². The third kappa shape index (κ3) is 3.19. The van der Waals surface area contributed by atoms with E-state index in [-0.39, 0.29) is 5.91 Å². The molecule has 1 amide bonds. The monoisotopic (exact) mass is 286 g/mol. The van der Waals surface area contributed by atoms with Crippen LogP contribution >= 0.6 is 34.5 Å². The Hall–Kier alpha value is -1.10. The van der Waals surface area contributed by atoms with Gasteiger partial charge in [-0.25, -0.2) is 4.98 Å². The summed E-state index contributed by atoms with van der Waals surface area (Å²) in [7, 11) is 0. The third-order valence-corrected chi connectivity index (χ3v) is 3.47. The van der Waals surface area contributed by atoms with E-state index in [0.29, 0.717) is 22.2 Å². The number of hydrogen-bond acceptors (Lipinski definition) is 3. The first-order chi connectivity index (χ1) is 8.16. The van der Waals surface area contributed by atoms with E-state index < -0.39 is 0 Å². The van der Waals surface area contributed by atoms with Crippen LogP contribution in [0.15, 0.2) is 29.1 Å². The Kier molecular flexibility index (Phi) is 3.99. The minimum Gasteiger partial charge on any atom is -0.346 e. The summed E-state index contributed by atoms with van der Waals surface area (Å²) in [6, 6.07) is 4.77. The molecule has 17 heavy (non-hydrogen) atoms. The Bertz CT molecular complexity index is 528. The summed E-state index contributed by atoms with van der Waals surface area (Å²) in [6.45, 7) is 0.405. The second kappa shape index (κ2) is 5.49. The van der Waals surface area contributed by atoms with Crippen molar-refractivity contribution < 1.29 is 4.79 Å². The number of aromatic nitrogens is 1. The van der Waals surface area contributed by atoms with Crippen LogP contribution < -0.4 is 5.32 Å². The summed E-state index contributed by atoms with van der Waals surface area (Å²) in [5, 5.41) is 5.44. The Morgan fingerprint density at radius 2 is 2.18 bits per heavy atom. The molecule has 1 aromatic heterocycles. The highest BCUT2D eigenvalue weighted by Crippen LogP contribution is 2.22. The van der Waals surface area contributed by atoms with Crippen LogP contribution in [-0.2, 0) is 6.54 Å². The maximum atomic E-state index is 11.8. The smallest absolute Gasteiger partial charge is 0.251 e. The molecule has 1 heterocycles. The second-order valence-electron chi connectivity index (χ2n) is 3.29. The SMILES string of the molecule is O=C(NCc1cscn1)c1ccc(Cl)c(Cl)c1. The zero-order valence-corrected chi connectivity index (χ0v) is 10.9. The highest BCUT2D eigenvalue weighted by molar-refractivity contribution is 7.07. The van der Waals surface area contributed by atoms with Crippen molar-refractivity contribution in [2.75, 3.05) is 0 Å². The molecular weight excluding hydrogens is 279 g/mol. The molecule has 1 aromatic carbocycles. The van der Waals surface area contributed by atoms with Crippen LogP contribution in [0.1, 0.15) is 16.1 Å². The summed E-state index contributed by atoms with van der Waals surface area (Å²) in [5.41, 5.74) is 3.04. The summed E-state index contributed by atoms with van der Waals surface area (Å²) < 4.78 is 0. The molecule has 0 aliphatic carbocycles. The van der Waals surface area contributed by atoms with Gasteiger partial charge in [-0.1, -0.05) is 23.2 Å². The number of nitrogens with one attached hydrogen (secondary N) is 1. The van der Waals surface area contributed by atoms with Crippen molar-refractivity contribution in [3.63, 3.8) is 0 Å². The average Bonchev–Trinajstić information content (AvgIpc) is 2.82. The fourth-order valence-electron chi connectivity index (χ4n) is 1.24. The van der Waals surface area contributed by atoms with Crippen LogP contribution in [0.4, 0.5) is 0 Å². The van der Waals surface area contributed by atoms with Gasteiger partial charge in [0.05, 0.1) is 27.8 Å². The van der Waals surface area contributed by atoms with Gasteiger partial charge in [0.1, 0.15) is 0 Å². The number of rotatable bonds is 3. The number of carbonyl (C=O) groups excluding carboxylic acids is 1. The minimum atomic E-state index is -0.198. The highest BCUT2D eigenvalue weighted by atomic mass is 35.5. The van der Waals surface area contributed by atoms with Gasteiger partial charge in [0.25, 0.3) is 5.91 Å². The zero-order chi connectivity index (χ0) is 12.3. The maximum Gasteiger partial charge on any atom is 0.251 e. The van der Waals surface area contributed by atoms with Gasteiger partial charge in [-0.15, -0.1) is 11.3 Å². The fourth-order valence-corrected chi connectivity index (χ4v) is 2.09. The second-order valence-corrected chi connectivity index (χ2v) is 4.82. The summed E-state index contributed by atoms with van der Waals surface area (Å²) in [4.78, 5) is 15.8. The number of benzene rings is 1. The summed E-state index contributed by atoms with van der Waals surface area (Å²) >= 11 is 13.1. The Morgan fingerprint density at radius 3 is 2.82 bits per heavy atom. The van der Waals surface area contributed by atoms with Crippen molar-refractivity contribution >= 4 is 40.4 Å². The molecule has 0 fully saturated rings. The standard InChI is InChI=1S/C11H8Cl2N2OS/c12-9-2-1-7(3-10(9)13)11(16)14-4-8-5-17-6-15-8/h1-3,5-6H,4H2,(H,14,16). The first kappa shape index (κ1) is 12.4. The fraction of sp³-hybridized carbons (Fsp3) is 0.0909. The number of halogens is 2. The van der Waals surface area contributed by atoms with Crippen molar-refractivity contribution in [1.82, 2.24) is 10.3 Å². The van der Waals surface area contributed by atoms with Crippen LogP contribution in [0.25, 0.3) is 0 Å². The Morgan fingerprint density at radius 1 is 1.35 bits per heavy atom. The quantitative estimate of drug-likeness (QED) is 0.940. The van der Waals surface area contributed by atoms with Crippen LogP contribution in [-0.4, -0.2) is 10.9 Å². The van der Waals surface area contributed by atoms with Gasteiger partial charge >= 0.3 is 0 Å². The van der Waals surface area contributed by atoms with E-state index >= 15 is 0 Å². The van der Waals surface area contributed by atoms with E-state index in [9.17, 15) is 4.79 Å². The lowest BCUT2D eigenvalue weighted by molar-refractivity contribution is 0.0950. The molecule has 2 rings (SSSR count). The molecule has 0 atom stereocenters. The molecule has 0 aliphatic heterocycles. The molecular formula is C11H8Cl2N2OS. The van der Waals surface area contributed by atoms with Gasteiger partial charge in [0, 0.05) is 10.9 Å². The predicted octanol–water partition coefficient (Wildman–Crippen LogP) is 3.38. The Labute approximate surface area is 112 Å². The molecule has 0 aliphatic rings. The number of carbonyl (C=O) groups is 1. The normalized spacial score (nSPS) is 10.2. The van der Waals surface area contributed by atoms with Gasteiger partial charge in [-0.05, 0) is 18.2 Å². The molecule has 0 unspecified atom stereocenters. The molecule has 0 saturated heterocycles. The van der Waals surface area contributed by atoms with Crippen molar-refractivity contribution in [2.45, 2.75) is 6.54 Å². The molecule has 0 bridgehead atoms. The van der Waals surface area contributed by atoms with Gasteiger partial charge in [-0.3, -0.25) is 4.79 Å². The van der Waals surface area contributed by atoms with E-state index in [1.54, 1.807) is 23.7 Å². The zero-order valence-electron chi connectivity index (χ0n) is 8.61. The van der Waals surface area contributed by atoms with Gasteiger partial charge in [0.15, 0.2) is 0 Å². The van der Waals surface area contributed by atoms with Crippen molar-refractivity contribution in [1.29, 1.82) is 0 Å². The topological polar surface area (TPSA) is 42.0 Å². The minimum absolute atomic E-state index is 0.198. The van der Waals surface area contributed by atoms with Gasteiger partial charge in [-0.2, -0.15) is 0 Å². The first-order valence-electron chi connectivity index (χ1n) is 4.77. The van der Waals surface area contributed by atoms with E-state index in [2.05, 4.69) is 10.3 Å². The molecule has 1 N–H and O–H groups in total. The molecule has 0 spiro atoms. The lowest BCUT2D eigenvalue weighted by Gasteiger charge is -2.04. The lowest BCUT2D eigenvalue weighted by Crippen LogP contribution is -2.22. The van der Waals surface area contributed by atoms with Crippen LogP contribution in [0.2, 0.25) is 10.0 Å². The molecule has 0 radical (unpaired) electrons. The molecule has 0 saturated carbocycles. The molecule has 6 heteroatoms. The lowest BCUT2D eigenvalue weighted by atomic mass is 10.2. The predicted molar refractivity (Wildman–Crippen MR) is 69.7 cm³/mol. The number of amides is 1. The van der Waals surface area contributed by atoms with Crippen LogP contribution in [0, 0.1) is 0 Å².